The molecule has 3 aromatic carbocycles. The molecule has 0 fully saturated rings. The molecule has 0 saturated carbocycles. The van der Waals surface area contributed by atoms with E-state index in [1.807, 2.05) is 48.5 Å². The summed E-state index contributed by atoms with van der Waals surface area (Å²) in [6.45, 7) is 0.562. The van der Waals surface area contributed by atoms with Crippen LogP contribution >= 0.6 is 11.8 Å². The lowest BCUT2D eigenvalue weighted by Crippen LogP contribution is -2.16. The average molecular weight is 392 g/mol. The molecule has 0 aliphatic carbocycles. The number of thioether (sulfide) groups is 1. The van der Waals surface area contributed by atoms with E-state index in [9.17, 15) is 9.59 Å². The number of carbonyl (C=O) groups is 2. The number of hydrogen-bond acceptors (Lipinski definition) is 6. The highest BCUT2D eigenvalue weighted by atomic mass is 32.2. The van der Waals surface area contributed by atoms with E-state index < -0.39 is 11.9 Å². The third-order valence-corrected chi connectivity index (χ3v) is 4.90. The smallest absolute Gasteiger partial charge is 0.347 e. The monoisotopic (exact) mass is 392 g/mol. The molecule has 0 aliphatic rings. The van der Waals surface area contributed by atoms with Gasteiger partial charge in [-0.25, -0.2) is 4.79 Å². The molecule has 0 bridgehead atoms. The van der Waals surface area contributed by atoms with Gasteiger partial charge in [-0.05, 0) is 42.0 Å². The summed E-state index contributed by atoms with van der Waals surface area (Å²) in [5, 5.41) is 3.22. The highest BCUT2D eigenvalue weighted by molar-refractivity contribution is 8.00. The number of nitrogen functional groups attached to an aromatic ring is 1. The fourth-order valence-electron chi connectivity index (χ4n) is 2.50. The van der Waals surface area contributed by atoms with Gasteiger partial charge < -0.3 is 15.8 Å². The van der Waals surface area contributed by atoms with Crippen molar-refractivity contribution in [1.82, 2.24) is 0 Å². The van der Waals surface area contributed by atoms with Crippen molar-refractivity contribution in [1.29, 1.82) is 0 Å². The number of ether oxygens (including phenoxy) is 1. The number of carbonyl (C=O) groups excluding carboxylic acids is 2. The van der Waals surface area contributed by atoms with Crippen LogP contribution in [0.1, 0.15) is 15.9 Å². The van der Waals surface area contributed by atoms with Gasteiger partial charge in [0.25, 0.3) is 0 Å². The first-order chi connectivity index (χ1) is 13.6. The minimum atomic E-state index is -0.668. The summed E-state index contributed by atoms with van der Waals surface area (Å²) in [4.78, 5) is 25.4. The maximum atomic E-state index is 12.4. The molecule has 0 amide bonds. The number of nitrogens with one attached hydrogen (secondary N) is 1. The fourth-order valence-corrected chi connectivity index (χ4v) is 3.17. The van der Waals surface area contributed by atoms with Crippen LogP contribution in [0.15, 0.2) is 83.8 Å². The van der Waals surface area contributed by atoms with Crippen molar-refractivity contribution in [3.8, 4) is 0 Å². The van der Waals surface area contributed by atoms with Gasteiger partial charge >= 0.3 is 11.9 Å². The SMILES string of the molecule is Nc1ccc(SCC(=O)OC(=O)c2ccccc2NCc2ccccc2)cc1. The maximum absolute atomic E-state index is 12.4. The van der Waals surface area contributed by atoms with E-state index in [0.717, 1.165) is 10.5 Å². The van der Waals surface area contributed by atoms with Crippen molar-refractivity contribution in [2.24, 2.45) is 0 Å². The number of esters is 2. The van der Waals surface area contributed by atoms with Gasteiger partial charge in [-0.3, -0.25) is 4.79 Å². The Kier molecular flexibility index (Phi) is 6.70. The van der Waals surface area contributed by atoms with Crippen LogP contribution in [0.4, 0.5) is 11.4 Å². The lowest BCUT2D eigenvalue weighted by molar-refractivity contribution is -0.134. The molecule has 3 rings (SSSR count). The molecule has 0 atom stereocenters. The number of rotatable bonds is 7. The Labute approximate surface area is 167 Å². The highest BCUT2D eigenvalue weighted by Gasteiger charge is 2.16. The van der Waals surface area contributed by atoms with Crippen molar-refractivity contribution in [2.75, 3.05) is 16.8 Å². The van der Waals surface area contributed by atoms with Crippen molar-refractivity contribution in [2.45, 2.75) is 11.4 Å². The van der Waals surface area contributed by atoms with Crippen molar-refractivity contribution >= 4 is 35.1 Å². The lowest BCUT2D eigenvalue weighted by atomic mass is 10.1. The van der Waals surface area contributed by atoms with Crippen LogP contribution in [0.5, 0.6) is 0 Å². The fraction of sp³-hybridized carbons (Fsp3) is 0.0909. The number of anilines is 2. The Morgan fingerprint density at radius 1 is 0.893 bits per heavy atom. The van der Waals surface area contributed by atoms with Crippen LogP contribution < -0.4 is 11.1 Å². The van der Waals surface area contributed by atoms with Crippen molar-refractivity contribution in [3.63, 3.8) is 0 Å². The molecule has 0 aliphatic heterocycles. The van der Waals surface area contributed by atoms with E-state index in [1.165, 1.54) is 11.8 Å². The van der Waals surface area contributed by atoms with E-state index in [0.29, 0.717) is 23.5 Å². The van der Waals surface area contributed by atoms with E-state index in [-0.39, 0.29) is 5.75 Å². The van der Waals surface area contributed by atoms with Gasteiger partial charge in [-0.15, -0.1) is 11.8 Å². The van der Waals surface area contributed by atoms with Crippen LogP contribution in [0.2, 0.25) is 0 Å². The summed E-state index contributed by atoms with van der Waals surface area (Å²) in [5.41, 5.74) is 8.32. The molecule has 142 valence electrons. The number of benzene rings is 3. The molecule has 0 heterocycles. The molecule has 28 heavy (non-hydrogen) atoms. The third-order valence-electron chi connectivity index (χ3n) is 3.92. The predicted molar refractivity (Wildman–Crippen MR) is 112 cm³/mol. The molecule has 0 radical (unpaired) electrons. The molecular weight excluding hydrogens is 372 g/mol. The van der Waals surface area contributed by atoms with Gasteiger partial charge in [-0.2, -0.15) is 0 Å². The van der Waals surface area contributed by atoms with E-state index in [2.05, 4.69) is 5.32 Å². The first kappa shape index (κ1) is 19.5. The zero-order valence-electron chi connectivity index (χ0n) is 15.1. The van der Waals surface area contributed by atoms with E-state index in [4.69, 9.17) is 10.5 Å². The quantitative estimate of drug-likeness (QED) is 0.269. The summed E-state index contributed by atoms with van der Waals surface area (Å²) in [6.07, 6.45) is 0. The molecular formula is C22H20N2O3S. The maximum Gasteiger partial charge on any atom is 0.347 e. The van der Waals surface area contributed by atoms with Crippen LogP contribution in [0.25, 0.3) is 0 Å². The number of nitrogens with two attached hydrogens (primary N) is 1. The Hall–Kier alpha value is -3.25. The summed E-state index contributed by atoms with van der Waals surface area (Å²) in [5.74, 6) is -1.22. The van der Waals surface area contributed by atoms with Crippen molar-refractivity contribution < 1.29 is 14.3 Å². The van der Waals surface area contributed by atoms with Gasteiger partial charge in [0.2, 0.25) is 0 Å². The van der Waals surface area contributed by atoms with E-state index in [1.54, 1.807) is 30.3 Å². The molecule has 0 spiro atoms. The Balaban J connectivity index is 1.57. The zero-order valence-corrected chi connectivity index (χ0v) is 15.9. The molecule has 0 saturated heterocycles. The van der Waals surface area contributed by atoms with Gasteiger partial charge in [-0.1, -0.05) is 42.5 Å². The Bertz CT molecular complexity index is 944. The summed E-state index contributed by atoms with van der Waals surface area (Å²) in [7, 11) is 0. The molecule has 3 aromatic rings. The molecule has 0 aromatic heterocycles. The van der Waals surface area contributed by atoms with Gasteiger partial charge in [0.1, 0.15) is 0 Å². The number of para-hydroxylation sites is 1. The second-order valence-electron chi connectivity index (χ2n) is 6.00. The molecule has 0 unspecified atom stereocenters. The minimum absolute atomic E-state index is 0.0370. The second kappa shape index (κ2) is 9.62. The van der Waals surface area contributed by atoms with Gasteiger partial charge in [0.15, 0.2) is 0 Å². The van der Waals surface area contributed by atoms with Crippen LogP contribution in [0, 0.1) is 0 Å². The first-order valence-electron chi connectivity index (χ1n) is 8.72. The van der Waals surface area contributed by atoms with Crippen LogP contribution in [0.3, 0.4) is 0 Å². The van der Waals surface area contributed by atoms with Gasteiger partial charge in [0.05, 0.1) is 11.3 Å². The average Bonchev–Trinajstić information content (AvgIpc) is 2.73. The largest absolute Gasteiger partial charge is 0.399 e. The Morgan fingerprint density at radius 2 is 1.57 bits per heavy atom. The summed E-state index contributed by atoms with van der Waals surface area (Å²) < 4.78 is 5.01. The minimum Gasteiger partial charge on any atom is -0.399 e. The van der Waals surface area contributed by atoms with Gasteiger partial charge in [0, 0.05) is 22.8 Å². The second-order valence-corrected chi connectivity index (χ2v) is 7.05. The highest BCUT2D eigenvalue weighted by Crippen LogP contribution is 2.21. The van der Waals surface area contributed by atoms with Crippen LogP contribution in [-0.4, -0.2) is 17.7 Å². The summed E-state index contributed by atoms with van der Waals surface area (Å²) in [6, 6.07) is 24.0. The van der Waals surface area contributed by atoms with E-state index >= 15 is 0 Å². The molecule has 5 nitrogen and oxygen atoms in total. The first-order valence-corrected chi connectivity index (χ1v) is 9.70. The normalized spacial score (nSPS) is 10.3. The summed E-state index contributed by atoms with van der Waals surface area (Å²) >= 11 is 1.29. The van der Waals surface area contributed by atoms with Crippen molar-refractivity contribution in [3.05, 3.63) is 90.0 Å². The standard InChI is InChI=1S/C22H20N2O3S/c23-17-10-12-18(13-11-17)28-15-21(25)27-22(26)19-8-4-5-9-20(19)24-14-16-6-2-1-3-7-16/h1-13,24H,14-15,23H2. The third kappa shape index (κ3) is 5.62. The van der Waals surface area contributed by atoms with Crippen LogP contribution in [-0.2, 0) is 16.1 Å². The lowest BCUT2D eigenvalue weighted by Gasteiger charge is -2.11. The number of hydrogen-bond donors (Lipinski definition) is 2. The predicted octanol–water partition coefficient (Wildman–Crippen LogP) is 4.36. The Morgan fingerprint density at radius 3 is 2.32 bits per heavy atom. The topological polar surface area (TPSA) is 81.4 Å². The molecule has 6 heteroatoms. The zero-order chi connectivity index (χ0) is 19.8. The molecule has 3 N–H and O–H groups in total.